The van der Waals surface area contributed by atoms with Gasteiger partial charge in [0.2, 0.25) is 5.91 Å². The zero-order valence-electron chi connectivity index (χ0n) is 14.8. The number of hydrogen-bond donors (Lipinski definition) is 1. The van der Waals surface area contributed by atoms with Gasteiger partial charge in [-0.05, 0) is 41.5 Å². The maximum Gasteiger partial charge on any atom is 0.335 e. The lowest BCUT2D eigenvalue weighted by molar-refractivity contribution is -0.127. The molecule has 0 bridgehead atoms. The van der Waals surface area contributed by atoms with Crippen LogP contribution in [0.4, 0.5) is 0 Å². The van der Waals surface area contributed by atoms with Crippen molar-refractivity contribution < 1.29 is 14.7 Å². The smallest absolute Gasteiger partial charge is 0.335 e. The number of carbonyl (C=O) groups excluding carboxylic acids is 1. The quantitative estimate of drug-likeness (QED) is 0.802. The largest absolute Gasteiger partial charge is 0.478 e. The fraction of sp³-hybridized carbons (Fsp3) is 0.238. The van der Waals surface area contributed by atoms with E-state index in [9.17, 15) is 9.59 Å². The number of amides is 1. The van der Waals surface area contributed by atoms with Gasteiger partial charge in [-0.25, -0.2) is 4.79 Å². The van der Waals surface area contributed by atoms with Gasteiger partial charge in [0.05, 0.1) is 5.56 Å². The molecule has 2 aromatic carbocycles. The molecule has 1 aliphatic heterocycles. The highest BCUT2D eigenvalue weighted by Gasteiger charge is 2.19. The molecule has 5 nitrogen and oxygen atoms in total. The van der Waals surface area contributed by atoms with Crippen LogP contribution in [0.25, 0.3) is 6.08 Å². The lowest BCUT2D eigenvalue weighted by Crippen LogP contribution is -2.47. The number of carbonyl (C=O) groups is 2. The minimum atomic E-state index is -0.916. The molecule has 1 heterocycles. The zero-order chi connectivity index (χ0) is 19.2. The predicted molar refractivity (Wildman–Crippen MR) is 106 cm³/mol. The SMILES string of the molecule is O=C(O)c1ccc(CN2CCN(C(=O)C=Cc3ccc(Cl)cc3)CC2)cc1. The van der Waals surface area contributed by atoms with Crippen LogP contribution < -0.4 is 0 Å². The lowest BCUT2D eigenvalue weighted by Gasteiger charge is -2.34. The van der Waals surface area contributed by atoms with E-state index in [-0.39, 0.29) is 5.91 Å². The Morgan fingerprint density at radius 3 is 2.19 bits per heavy atom. The van der Waals surface area contributed by atoms with Crippen LogP contribution in [0, 0.1) is 0 Å². The normalized spacial score (nSPS) is 15.2. The number of benzene rings is 2. The van der Waals surface area contributed by atoms with Gasteiger partial charge in [-0.1, -0.05) is 35.9 Å². The van der Waals surface area contributed by atoms with Crippen molar-refractivity contribution in [2.75, 3.05) is 26.2 Å². The molecule has 2 aromatic rings. The first-order valence-corrected chi connectivity index (χ1v) is 9.16. The second kappa shape index (κ2) is 8.84. The van der Waals surface area contributed by atoms with Crippen LogP contribution in [-0.4, -0.2) is 53.0 Å². The van der Waals surface area contributed by atoms with Gasteiger partial charge in [0.15, 0.2) is 0 Å². The standard InChI is InChI=1S/C21H21ClN2O3/c22-19-8-3-16(4-9-19)5-10-20(25)24-13-11-23(12-14-24)15-17-1-6-18(7-2-17)21(26)27/h1-10H,11-15H2,(H,26,27). The summed E-state index contributed by atoms with van der Waals surface area (Å²) in [4.78, 5) is 27.4. The number of rotatable bonds is 5. The Labute approximate surface area is 163 Å². The first kappa shape index (κ1) is 19.1. The molecule has 27 heavy (non-hydrogen) atoms. The predicted octanol–water partition coefficient (Wildman–Crippen LogP) is 3.40. The fourth-order valence-corrected chi connectivity index (χ4v) is 3.11. The van der Waals surface area contributed by atoms with Crippen LogP contribution in [0.1, 0.15) is 21.5 Å². The molecule has 1 fully saturated rings. The molecule has 1 saturated heterocycles. The van der Waals surface area contributed by atoms with E-state index in [0.717, 1.165) is 30.8 Å². The Hall–Kier alpha value is -2.63. The molecule has 0 spiro atoms. The Kier molecular flexibility index (Phi) is 6.27. The number of nitrogens with zero attached hydrogens (tertiary/aromatic N) is 2. The molecule has 0 aliphatic carbocycles. The summed E-state index contributed by atoms with van der Waals surface area (Å²) >= 11 is 5.86. The van der Waals surface area contributed by atoms with E-state index >= 15 is 0 Å². The number of carboxylic acids is 1. The van der Waals surface area contributed by atoms with Gasteiger partial charge in [-0.3, -0.25) is 9.69 Å². The number of aromatic carboxylic acids is 1. The van der Waals surface area contributed by atoms with Gasteiger partial charge in [-0.2, -0.15) is 0 Å². The maximum atomic E-state index is 12.3. The van der Waals surface area contributed by atoms with Crippen molar-refractivity contribution in [3.8, 4) is 0 Å². The molecular formula is C21H21ClN2O3. The summed E-state index contributed by atoms with van der Waals surface area (Å²) in [5, 5.41) is 9.62. The van der Waals surface area contributed by atoms with Crippen molar-refractivity contribution in [3.63, 3.8) is 0 Å². The van der Waals surface area contributed by atoms with E-state index < -0.39 is 5.97 Å². The van der Waals surface area contributed by atoms with Crippen LogP contribution in [0.3, 0.4) is 0 Å². The molecule has 1 N–H and O–H groups in total. The van der Waals surface area contributed by atoms with Crippen molar-refractivity contribution in [2.24, 2.45) is 0 Å². The molecule has 0 saturated carbocycles. The summed E-state index contributed by atoms with van der Waals surface area (Å²) in [6, 6.07) is 14.3. The molecular weight excluding hydrogens is 364 g/mol. The number of piperazine rings is 1. The maximum absolute atomic E-state index is 12.3. The molecule has 0 atom stereocenters. The van der Waals surface area contributed by atoms with E-state index in [0.29, 0.717) is 23.7 Å². The minimum absolute atomic E-state index is 0.00964. The zero-order valence-corrected chi connectivity index (χ0v) is 15.6. The second-order valence-corrected chi connectivity index (χ2v) is 6.92. The monoisotopic (exact) mass is 384 g/mol. The van der Waals surface area contributed by atoms with Crippen LogP contribution >= 0.6 is 11.6 Å². The van der Waals surface area contributed by atoms with E-state index in [4.69, 9.17) is 16.7 Å². The van der Waals surface area contributed by atoms with Crippen molar-refractivity contribution in [3.05, 3.63) is 76.3 Å². The van der Waals surface area contributed by atoms with Crippen LogP contribution in [0.5, 0.6) is 0 Å². The molecule has 3 rings (SSSR count). The van der Waals surface area contributed by atoms with Crippen LogP contribution in [0.15, 0.2) is 54.6 Å². The van der Waals surface area contributed by atoms with Gasteiger partial charge in [0.25, 0.3) is 0 Å². The van der Waals surface area contributed by atoms with E-state index in [1.165, 1.54) is 0 Å². The van der Waals surface area contributed by atoms with E-state index in [1.807, 2.05) is 29.2 Å². The van der Waals surface area contributed by atoms with Gasteiger partial charge >= 0.3 is 5.97 Å². The van der Waals surface area contributed by atoms with Crippen molar-refractivity contribution in [2.45, 2.75) is 6.54 Å². The molecule has 6 heteroatoms. The Morgan fingerprint density at radius 1 is 0.963 bits per heavy atom. The lowest BCUT2D eigenvalue weighted by atomic mass is 10.1. The molecule has 0 unspecified atom stereocenters. The molecule has 1 aliphatic rings. The topological polar surface area (TPSA) is 60.9 Å². The third-order valence-electron chi connectivity index (χ3n) is 4.58. The third-order valence-corrected chi connectivity index (χ3v) is 4.83. The Bertz CT molecular complexity index is 824. The average molecular weight is 385 g/mol. The van der Waals surface area contributed by atoms with Crippen molar-refractivity contribution >= 4 is 29.6 Å². The van der Waals surface area contributed by atoms with Gasteiger partial charge in [0, 0.05) is 43.8 Å². The number of halogens is 1. The highest BCUT2D eigenvalue weighted by atomic mass is 35.5. The summed E-state index contributed by atoms with van der Waals surface area (Å²) in [6.45, 7) is 3.69. The summed E-state index contributed by atoms with van der Waals surface area (Å²) in [7, 11) is 0. The summed E-state index contributed by atoms with van der Waals surface area (Å²) in [6.07, 6.45) is 3.40. The first-order valence-electron chi connectivity index (χ1n) is 8.78. The highest BCUT2D eigenvalue weighted by molar-refractivity contribution is 6.30. The Morgan fingerprint density at radius 2 is 1.59 bits per heavy atom. The number of carboxylic acid groups (broad SMARTS) is 1. The van der Waals surface area contributed by atoms with E-state index in [2.05, 4.69) is 4.90 Å². The summed E-state index contributed by atoms with van der Waals surface area (Å²) in [5.41, 5.74) is 2.31. The Balaban J connectivity index is 1.48. The summed E-state index contributed by atoms with van der Waals surface area (Å²) in [5.74, 6) is -0.907. The third kappa shape index (κ3) is 5.42. The fourth-order valence-electron chi connectivity index (χ4n) is 2.98. The molecule has 0 aromatic heterocycles. The van der Waals surface area contributed by atoms with Crippen LogP contribution in [-0.2, 0) is 11.3 Å². The van der Waals surface area contributed by atoms with Gasteiger partial charge in [-0.15, -0.1) is 0 Å². The highest BCUT2D eigenvalue weighted by Crippen LogP contribution is 2.13. The first-order chi connectivity index (χ1) is 13.0. The molecule has 1 amide bonds. The summed E-state index contributed by atoms with van der Waals surface area (Å²) < 4.78 is 0. The van der Waals surface area contributed by atoms with Gasteiger partial charge < -0.3 is 10.0 Å². The van der Waals surface area contributed by atoms with Gasteiger partial charge in [0.1, 0.15) is 0 Å². The van der Waals surface area contributed by atoms with E-state index in [1.54, 1.807) is 36.4 Å². The van der Waals surface area contributed by atoms with Crippen molar-refractivity contribution in [1.29, 1.82) is 0 Å². The molecule has 140 valence electrons. The van der Waals surface area contributed by atoms with Crippen molar-refractivity contribution in [1.82, 2.24) is 9.80 Å². The minimum Gasteiger partial charge on any atom is -0.478 e. The average Bonchev–Trinajstić information content (AvgIpc) is 2.68. The number of hydrogen-bond acceptors (Lipinski definition) is 3. The molecule has 0 radical (unpaired) electrons. The second-order valence-electron chi connectivity index (χ2n) is 6.49. The van der Waals surface area contributed by atoms with Crippen LogP contribution in [0.2, 0.25) is 5.02 Å².